The van der Waals surface area contributed by atoms with Crippen molar-refractivity contribution in [2.45, 2.75) is 53.0 Å². The molecule has 0 bridgehead atoms. The van der Waals surface area contributed by atoms with E-state index in [9.17, 15) is 0 Å². The molecule has 0 unspecified atom stereocenters. The molecule has 0 atom stereocenters. The molecule has 6 heteroatoms. The van der Waals surface area contributed by atoms with Crippen LogP contribution in [0.2, 0.25) is 0 Å². The Kier molecular flexibility index (Phi) is 4.52. The van der Waals surface area contributed by atoms with Gasteiger partial charge in [-0.15, -0.1) is 5.10 Å². The van der Waals surface area contributed by atoms with E-state index >= 15 is 0 Å². The maximum atomic E-state index is 5.28. The van der Waals surface area contributed by atoms with Gasteiger partial charge in [0.1, 0.15) is 0 Å². The Hall–Kier alpha value is -1.43. The molecule has 5 nitrogen and oxygen atoms in total. The zero-order valence-electron chi connectivity index (χ0n) is 11.7. The van der Waals surface area contributed by atoms with Gasteiger partial charge < -0.3 is 4.42 Å². The van der Waals surface area contributed by atoms with Crippen LogP contribution in [-0.2, 0) is 19.4 Å². The summed E-state index contributed by atoms with van der Waals surface area (Å²) < 4.78 is 7.38. The van der Waals surface area contributed by atoms with Crippen LogP contribution in [0.4, 0.5) is 0 Å². The number of rotatable bonds is 6. The van der Waals surface area contributed by atoms with Crippen molar-refractivity contribution in [3.63, 3.8) is 0 Å². The lowest BCUT2D eigenvalue weighted by Gasteiger charge is -2.03. The molecule has 0 aliphatic heterocycles. The second-order valence-electron chi connectivity index (χ2n) is 4.73. The lowest BCUT2D eigenvalue weighted by atomic mass is 10.1. The number of aromatic amines is 1. The van der Waals surface area contributed by atoms with Crippen LogP contribution >= 0.6 is 12.2 Å². The summed E-state index contributed by atoms with van der Waals surface area (Å²) >= 11 is 4.87. The Morgan fingerprint density at radius 1 is 1.32 bits per heavy atom. The van der Waals surface area contributed by atoms with Crippen molar-refractivity contribution in [3.05, 3.63) is 27.7 Å². The first-order valence-corrected chi connectivity index (χ1v) is 7.10. The molecule has 0 saturated heterocycles. The summed E-state index contributed by atoms with van der Waals surface area (Å²) in [6.45, 7) is 7.38. The molecule has 2 aromatic heterocycles. The first-order valence-electron chi connectivity index (χ1n) is 6.69. The molecular formula is C13H20N4OS. The van der Waals surface area contributed by atoms with E-state index in [1.165, 1.54) is 17.7 Å². The average Bonchev–Trinajstić information content (AvgIpc) is 2.90. The van der Waals surface area contributed by atoms with Gasteiger partial charge >= 0.3 is 0 Å². The third kappa shape index (κ3) is 3.32. The number of aromatic nitrogens is 4. The SMILES string of the molecule is CCCCn1nc(C)c(CCc2n[nH]c(=S)o2)c1C. The quantitative estimate of drug-likeness (QED) is 0.826. The fourth-order valence-corrected chi connectivity index (χ4v) is 2.36. The van der Waals surface area contributed by atoms with Crippen LogP contribution in [0.15, 0.2) is 4.42 Å². The average molecular weight is 280 g/mol. The van der Waals surface area contributed by atoms with Crippen LogP contribution in [0, 0.1) is 18.7 Å². The van der Waals surface area contributed by atoms with Gasteiger partial charge in [0.05, 0.1) is 5.69 Å². The first kappa shape index (κ1) is 14.0. The summed E-state index contributed by atoms with van der Waals surface area (Å²) in [6.07, 6.45) is 3.97. The highest BCUT2D eigenvalue weighted by atomic mass is 32.1. The number of hydrogen-bond acceptors (Lipinski definition) is 4. The molecule has 0 aliphatic carbocycles. The fourth-order valence-electron chi connectivity index (χ4n) is 2.22. The van der Waals surface area contributed by atoms with Gasteiger partial charge in [-0.05, 0) is 44.5 Å². The lowest BCUT2D eigenvalue weighted by molar-refractivity contribution is 0.479. The van der Waals surface area contributed by atoms with Gasteiger partial charge in [-0.2, -0.15) is 5.10 Å². The van der Waals surface area contributed by atoms with E-state index < -0.39 is 0 Å². The molecule has 0 radical (unpaired) electrons. The predicted octanol–water partition coefficient (Wildman–Crippen LogP) is 3.13. The molecular weight excluding hydrogens is 260 g/mol. The van der Waals surface area contributed by atoms with Crippen LogP contribution in [0.5, 0.6) is 0 Å². The number of unbranched alkanes of at least 4 members (excludes halogenated alkanes) is 1. The molecule has 1 N–H and O–H groups in total. The van der Waals surface area contributed by atoms with Crippen molar-refractivity contribution in [1.82, 2.24) is 20.0 Å². The molecule has 2 rings (SSSR count). The zero-order valence-corrected chi connectivity index (χ0v) is 12.5. The Bertz CT molecular complexity index is 596. The van der Waals surface area contributed by atoms with Gasteiger partial charge in [0, 0.05) is 18.7 Å². The number of aryl methyl sites for hydroxylation is 3. The van der Waals surface area contributed by atoms with Crippen LogP contribution in [0.25, 0.3) is 0 Å². The Balaban J connectivity index is 2.07. The molecule has 19 heavy (non-hydrogen) atoms. The highest BCUT2D eigenvalue weighted by Crippen LogP contribution is 2.16. The van der Waals surface area contributed by atoms with Crippen molar-refractivity contribution in [3.8, 4) is 0 Å². The van der Waals surface area contributed by atoms with Crippen LogP contribution in [0.1, 0.15) is 42.6 Å². The predicted molar refractivity (Wildman–Crippen MR) is 75.7 cm³/mol. The first-order chi connectivity index (χ1) is 9.11. The summed E-state index contributed by atoms with van der Waals surface area (Å²) in [5.74, 6) is 0.658. The van der Waals surface area contributed by atoms with Crippen LogP contribution < -0.4 is 0 Å². The molecule has 0 amide bonds. The fraction of sp³-hybridized carbons (Fsp3) is 0.615. The van der Waals surface area contributed by atoms with E-state index in [0.717, 1.165) is 31.5 Å². The molecule has 104 valence electrons. The monoisotopic (exact) mass is 280 g/mol. The normalized spacial score (nSPS) is 11.1. The minimum absolute atomic E-state index is 0.335. The number of H-pyrrole nitrogens is 1. The number of nitrogens with zero attached hydrogens (tertiary/aromatic N) is 3. The maximum absolute atomic E-state index is 5.28. The Morgan fingerprint density at radius 3 is 2.74 bits per heavy atom. The smallest absolute Gasteiger partial charge is 0.284 e. The van der Waals surface area contributed by atoms with Gasteiger partial charge in [0.25, 0.3) is 4.84 Å². The van der Waals surface area contributed by atoms with E-state index in [0.29, 0.717) is 10.7 Å². The highest BCUT2D eigenvalue weighted by molar-refractivity contribution is 7.71. The van der Waals surface area contributed by atoms with Crippen molar-refractivity contribution in [2.24, 2.45) is 0 Å². The third-order valence-corrected chi connectivity index (χ3v) is 3.50. The van der Waals surface area contributed by atoms with Crippen LogP contribution in [0.3, 0.4) is 0 Å². The minimum atomic E-state index is 0.335. The van der Waals surface area contributed by atoms with Gasteiger partial charge in [-0.1, -0.05) is 13.3 Å². The number of hydrogen-bond donors (Lipinski definition) is 1. The Labute approximate surface area is 118 Å². The molecule has 0 aliphatic rings. The molecule has 0 saturated carbocycles. The lowest BCUT2D eigenvalue weighted by Crippen LogP contribution is -2.03. The number of nitrogens with one attached hydrogen (secondary N) is 1. The summed E-state index contributed by atoms with van der Waals surface area (Å²) in [4.78, 5) is 0.335. The summed E-state index contributed by atoms with van der Waals surface area (Å²) in [6, 6.07) is 0. The molecule has 0 aromatic carbocycles. The maximum Gasteiger partial charge on any atom is 0.284 e. The van der Waals surface area contributed by atoms with Gasteiger partial charge in [0.2, 0.25) is 5.89 Å². The largest absolute Gasteiger partial charge is 0.414 e. The minimum Gasteiger partial charge on any atom is -0.414 e. The van der Waals surface area contributed by atoms with Gasteiger partial charge in [-0.25, -0.2) is 5.10 Å². The van der Waals surface area contributed by atoms with Crippen molar-refractivity contribution in [2.75, 3.05) is 0 Å². The van der Waals surface area contributed by atoms with Gasteiger partial charge in [-0.3, -0.25) is 4.68 Å². The molecule has 0 spiro atoms. The van der Waals surface area contributed by atoms with Crippen molar-refractivity contribution in [1.29, 1.82) is 0 Å². The van der Waals surface area contributed by atoms with Crippen LogP contribution in [-0.4, -0.2) is 20.0 Å². The second kappa shape index (κ2) is 6.14. The van der Waals surface area contributed by atoms with E-state index in [1.54, 1.807) is 0 Å². The second-order valence-corrected chi connectivity index (χ2v) is 5.10. The van der Waals surface area contributed by atoms with Crippen molar-refractivity contribution >= 4 is 12.2 Å². The molecule has 2 aromatic rings. The topological polar surface area (TPSA) is 59.6 Å². The third-order valence-electron chi connectivity index (χ3n) is 3.33. The van der Waals surface area contributed by atoms with Crippen molar-refractivity contribution < 1.29 is 4.42 Å². The van der Waals surface area contributed by atoms with E-state index in [1.807, 2.05) is 0 Å². The summed E-state index contributed by atoms with van der Waals surface area (Å²) in [5, 5.41) is 11.3. The summed E-state index contributed by atoms with van der Waals surface area (Å²) in [7, 11) is 0. The standard InChI is InChI=1S/C13H20N4OS/c1-4-5-8-17-10(3)11(9(2)16-17)6-7-12-14-15-13(19)18-12/h4-8H2,1-3H3,(H,15,19). The molecule has 2 heterocycles. The summed E-state index contributed by atoms with van der Waals surface area (Å²) in [5.41, 5.74) is 3.64. The van der Waals surface area contributed by atoms with E-state index in [2.05, 4.69) is 40.7 Å². The Morgan fingerprint density at radius 2 is 2.11 bits per heavy atom. The van der Waals surface area contributed by atoms with E-state index in [-0.39, 0.29) is 0 Å². The van der Waals surface area contributed by atoms with Gasteiger partial charge in [0.15, 0.2) is 0 Å². The molecule has 0 fully saturated rings. The van der Waals surface area contributed by atoms with E-state index in [4.69, 9.17) is 16.6 Å². The highest BCUT2D eigenvalue weighted by Gasteiger charge is 2.12. The zero-order chi connectivity index (χ0) is 13.8.